The predicted octanol–water partition coefficient (Wildman–Crippen LogP) is 2.93. The number of carbonyl (C=O) groups is 1. The lowest BCUT2D eigenvalue weighted by Crippen LogP contribution is -2.51. The largest absolute Gasteiger partial charge is 0.343 e. The van der Waals surface area contributed by atoms with Gasteiger partial charge >= 0.3 is 0 Å². The van der Waals surface area contributed by atoms with Gasteiger partial charge in [-0.1, -0.05) is 44.2 Å². The van der Waals surface area contributed by atoms with Crippen LogP contribution in [-0.2, 0) is 11.2 Å². The standard InChI is InChI=1S/C18H25N5OS.2ClH/c1-3-15-20-18(25-21-15)23-11-9-22(10-12-23)17(24)13(2)16(19)14-7-5-4-6-8-14;;/h4-8,13,16H,3,9-12,19H2,1-2H3;2*1H. The van der Waals surface area contributed by atoms with Gasteiger partial charge < -0.3 is 15.5 Å². The molecule has 2 atom stereocenters. The smallest absolute Gasteiger partial charge is 0.227 e. The number of amides is 1. The molecule has 0 saturated carbocycles. The van der Waals surface area contributed by atoms with Crippen LogP contribution in [-0.4, -0.2) is 46.3 Å². The number of hydrogen-bond acceptors (Lipinski definition) is 6. The Labute approximate surface area is 177 Å². The lowest BCUT2D eigenvalue weighted by Gasteiger charge is -2.36. The summed E-state index contributed by atoms with van der Waals surface area (Å²) < 4.78 is 4.34. The lowest BCUT2D eigenvalue weighted by atomic mass is 9.94. The number of rotatable bonds is 5. The number of aromatic nitrogens is 2. The van der Waals surface area contributed by atoms with Crippen molar-refractivity contribution in [1.82, 2.24) is 14.3 Å². The van der Waals surface area contributed by atoms with Crippen molar-refractivity contribution in [3.05, 3.63) is 41.7 Å². The van der Waals surface area contributed by atoms with Gasteiger partial charge in [-0.05, 0) is 5.56 Å². The molecule has 2 unspecified atom stereocenters. The summed E-state index contributed by atoms with van der Waals surface area (Å²) in [6.07, 6.45) is 0.851. The van der Waals surface area contributed by atoms with Crippen molar-refractivity contribution < 1.29 is 4.79 Å². The van der Waals surface area contributed by atoms with E-state index in [2.05, 4.69) is 21.2 Å². The number of piperazine rings is 1. The summed E-state index contributed by atoms with van der Waals surface area (Å²) in [4.78, 5) is 21.5. The van der Waals surface area contributed by atoms with Crippen molar-refractivity contribution in [2.24, 2.45) is 11.7 Å². The Morgan fingerprint density at radius 2 is 1.81 bits per heavy atom. The van der Waals surface area contributed by atoms with Crippen molar-refractivity contribution in [2.75, 3.05) is 31.1 Å². The van der Waals surface area contributed by atoms with E-state index >= 15 is 0 Å². The molecule has 1 fully saturated rings. The second-order valence-electron chi connectivity index (χ2n) is 6.38. The molecule has 1 aliphatic heterocycles. The summed E-state index contributed by atoms with van der Waals surface area (Å²) in [7, 11) is 0. The molecule has 0 spiro atoms. The van der Waals surface area contributed by atoms with Crippen molar-refractivity contribution in [2.45, 2.75) is 26.3 Å². The van der Waals surface area contributed by atoms with E-state index in [9.17, 15) is 4.79 Å². The first-order valence-electron chi connectivity index (χ1n) is 8.77. The van der Waals surface area contributed by atoms with Crippen molar-refractivity contribution in [3.8, 4) is 0 Å². The summed E-state index contributed by atoms with van der Waals surface area (Å²) in [5.74, 6) is 0.783. The van der Waals surface area contributed by atoms with Gasteiger partial charge in [-0.25, -0.2) is 4.98 Å². The molecule has 27 heavy (non-hydrogen) atoms. The van der Waals surface area contributed by atoms with Gasteiger partial charge in [-0.2, -0.15) is 4.37 Å². The second kappa shape index (κ2) is 10.8. The highest BCUT2D eigenvalue weighted by atomic mass is 35.5. The normalized spacial score (nSPS) is 16.1. The number of nitrogens with two attached hydrogens (primary N) is 1. The third kappa shape index (κ3) is 5.54. The summed E-state index contributed by atoms with van der Waals surface area (Å²) in [5, 5.41) is 0.956. The molecule has 2 heterocycles. The Bertz CT molecular complexity index is 707. The Morgan fingerprint density at radius 1 is 1.19 bits per heavy atom. The van der Waals surface area contributed by atoms with Crippen LogP contribution in [0.15, 0.2) is 30.3 Å². The minimum Gasteiger partial charge on any atom is -0.343 e. The van der Waals surface area contributed by atoms with E-state index in [0.29, 0.717) is 13.1 Å². The van der Waals surface area contributed by atoms with Gasteiger partial charge in [0, 0.05) is 50.2 Å². The van der Waals surface area contributed by atoms with Gasteiger partial charge in [-0.15, -0.1) is 24.8 Å². The quantitative estimate of drug-likeness (QED) is 0.787. The Hall–Kier alpha value is -1.41. The van der Waals surface area contributed by atoms with Gasteiger partial charge in [-0.3, -0.25) is 4.79 Å². The Balaban J connectivity index is 0.00000182. The number of anilines is 1. The predicted molar refractivity (Wildman–Crippen MR) is 115 cm³/mol. The van der Waals surface area contributed by atoms with Gasteiger partial charge in [0.2, 0.25) is 11.0 Å². The molecule has 0 bridgehead atoms. The fraction of sp³-hybridized carbons (Fsp3) is 0.500. The molecule has 150 valence electrons. The number of benzene rings is 1. The molecule has 0 radical (unpaired) electrons. The van der Waals surface area contributed by atoms with Gasteiger partial charge in [0.25, 0.3) is 0 Å². The van der Waals surface area contributed by atoms with E-state index in [1.807, 2.05) is 42.2 Å². The van der Waals surface area contributed by atoms with Crippen molar-refractivity contribution >= 4 is 47.4 Å². The zero-order chi connectivity index (χ0) is 17.8. The maximum atomic E-state index is 12.8. The zero-order valence-electron chi connectivity index (χ0n) is 15.6. The molecule has 6 nitrogen and oxygen atoms in total. The number of halogens is 2. The Morgan fingerprint density at radius 3 is 2.37 bits per heavy atom. The van der Waals surface area contributed by atoms with E-state index in [1.165, 1.54) is 11.5 Å². The third-order valence-electron chi connectivity index (χ3n) is 4.75. The van der Waals surface area contributed by atoms with Crippen LogP contribution in [0.2, 0.25) is 0 Å². The molecule has 9 heteroatoms. The fourth-order valence-corrected chi connectivity index (χ4v) is 3.84. The number of carbonyl (C=O) groups excluding carboxylic acids is 1. The number of hydrogen-bond donors (Lipinski definition) is 1. The van der Waals surface area contributed by atoms with Crippen LogP contribution < -0.4 is 10.6 Å². The van der Waals surface area contributed by atoms with Crippen molar-refractivity contribution in [3.63, 3.8) is 0 Å². The fourth-order valence-electron chi connectivity index (χ4n) is 3.04. The molecular weight excluding hydrogens is 405 g/mol. The minimum atomic E-state index is -0.276. The maximum Gasteiger partial charge on any atom is 0.227 e. The van der Waals surface area contributed by atoms with E-state index in [1.54, 1.807) is 0 Å². The first-order valence-corrected chi connectivity index (χ1v) is 9.54. The van der Waals surface area contributed by atoms with Crippen LogP contribution in [0.4, 0.5) is 5.13 Å². The Kier molecular flexibility index (Phi) is 9.45. The SMILES string of the molecule is CCc1nsc(N2CCN(C(=O)C(C)C(N)c3ccccc3)CC2)n1.Cl.Cl. The van der Waals surface area contributed by atoms with E-state index in [0.717, 1.165) is 36.0 Å². The summed E-state index contributed by atoms with van der Waals surface area (Å²) in [6, 6.07) is 9.55. The van der Waals surface area contributed by atoms with E-state index in [-0.39, 0.29) is 42.7 Å². The minimum absolute atomic E-state index is 0. The summed E-state index contributed by atoms with van der Waals surface area (Å²) in [5.41, 5.74) is 7.31. The number of aryl methyl sites for hydroxylation is 1. The first-order chi connectivity index (χ1) is 12.1. The summed E-state index contributed by atoms with van der Waals surface area (Å²) in [6.45, 7) is 6.96. The average Bonchev–Trinajstić information content (AvgIpc) is 3.16. The van der Waals surface area contributed by atoms with Crippen LogP contribution in [0.3, 0.4) is 0 Å². The molecule has 3 rings (SSSR count). The van der Waals surface area contributed by atoms with Crippen LogP contribution in [0.5, 0.6) is 0 Å². The summed E-state index contributed by atoms with van der Waals surface area (Å²) >= 11 is 1.44. The third-order valence-corrected chi connectivity index (χ3v) is 5.56. The molecule has 2 N–H and O–H groups in total. The molecule has 1 saturated heterocycles. The first kappa shape index (κ1) is 23.6. The number of nitrogens with zero attached hydrogens (tertiary/aromatic N) is 4. The van der Waals surface area contributed by atoms with Crippen molar-refractivity contribution in [1.29, 1.82) is 0 Å². The van der Waals surface area contributed by atoms with Crippen LogP contribution in [0, 0.1) is 5.92 Å². The van der Waals surface area contributed by atoms with E-state index < -0.39 is 0 Å². The van der Waals surface area contributed by atoms with Crippen LogP contribution >= 0.6 is 36.3 Å². The maximum absolute atomic E-state index is 12.8. The highest BCUT2D eigenvalue weighted by Crippen LogP contribution is 2.23. The molecule has 2 aromatic rings. The van der Waals surface area contributed by atoms with E-state index in [4.69, 9.17) is 5.73 Å². The molecule has 1 aromatic carbocycles. The monoisotopic (exact) mass is 431 g/mol. The van der Waals surface area contributed by atoms with Gasteiger partial charge in [0.1, 0.15) is 5.82 Å². The van der Waals surface area contributed by atoms with Gasteiger partial charge in [0.15, 0.2) is 0 Å². The molecule has 1 aliphatic rings. The second-order valence-corrected chi connectivity index (χ2v) is 7.11. The molecular formula is C18H27Cl2N5OS. The van der Waals surface area contributed by atoms with Crippen LogP contribution in [0.25, 0.3) is 0 Å². The topological polar surface area (TPSA) is 75.4 Å². The highest BCUT2D eigenvalue weighted by molar-refractivity contribution is 7.09. The average molecular weight is 432 g/mol. The van der Waals surface area contributed by atoms with Gasteiger partial charge in [0.05, 0.1) is 5.92 Å². The lowest BCUT2D eigenvalue weighted by molar-refractivity contribution is -0.136. The zero-order valence-corrected chi connectivity index (χ0v) is 18.0. The molecule has 0 aliphatic carbocycles. The van der Waals surface area contributed by atoms with Crippen LogP contribution in [0.1, 0.15) is 31.3 Å². The highest BCUT2D eigenvalue weighted by Gasteiger charge is 2.29. The molecule has 1 aromatic heterocycles. The molecule has 1 amide bonds.